The number of nitrogens with one attached hydrogen (secondary N) is 1. The Morgan fingerprint density at radius 3 is 3.08 bits per heavy atom. The van der Waals surface area contributed by atoms with Crippen molar-refractivity contribution in [3.8, 4) is 0 Å². The van der Waals surface area contributed by atoms with E-state index in [9.17, 15) is 4.39 Å². The van der Waals surface area contributed by atoms with E-state index in [0.717, 1.165) is 12.1 Å². The fourth-order valence-corrected chi connectivity index (χ4v) is 1.29. The summed E-state index contributed by atoms with van der Waals surface area (Å²) in [6.07, 6.45) is 6.92. The van der Waals surface area contributed by atoms with Gasteiger partial charge in [0.25, 0.3) is 0 Å². The Morgan fingerprint density at radius 2 is 2.42 bits per heavy atom. The molecule has 2 heterocycles. The lowest BCUT2D eigenvalue weighted by atomic mass is 10.1. The second-order valence-electron chi connectivity index (χ2n) is 2.75. The van der Waals surface area contributed by atoms with Gasteiger partial charge >= 0.3 is 0 Å². The number of hydrogen-bond donors (Lipinski definition) is 1. The van der Waals surface area contributed by atoms with E-state index >= 15 is 0 Å². The van der Waals surface area contributed by atoms with E-state index in [1.54, 1.807) is 6.20 Å². The van der Waals surface area contributed by atoms with E-state index in [4.69, 9.17) is 0 Å². The van der Waals surface area contributed by atoms with Gasteiger partial charge in [0.2, 0.25) is 0 Å². The van der Waals surface area contributed by atoms with Crippen molar-refractivity contribution in [2.75, 3.05) is 6.54 Å². The molecule has 0 amide bonds. The van der Waals surface area contributed by atoms with Gasteiger partial charge in [0.05, 0.1) is 12.2 Å². The minimum absolute atomic E-state index is 0.133. The Hall–Kier alpha value is -1.22. The van der Waals surface area contributed by atoms with Gasteiger partial charge in [0.1, 0.15) is 5.82 Å². The molecule has 62 valence electrons. The quantitative estimate of drug-likeness (QED) is 0.635. The summed E-state index contributed by atoms with van der Waals surface area (Å²) < 4.78 is 12.7. The Bertz CT molecular complexity index is 309. The van der Waals surface area contributed by atoms with Crippen LogP contribution < -0.4 is 5.32 Å². The topological polar surface area (TPSA) is 24.9 Å². The molecule has 1 aromatic heterocycles. The van der Waals surface area contributed by atoms with Crippen LogP contribution in [-0.2, 0) is 0 Å². The van der Waals surface area contributed by atoms with Crippen LogP contribution >= 0.6 is 0 Å². The molecule has 0 radical (unpaired) electrons. The summed E-state index contributed by atoms with van der Waals surface area (Å²) in [5, 5.41) is 3.18. The largest absolute Gasteiger partial charge is 0.303 e. The van der Waals surface area contributed by atoms with Gasteiger partial charge in [-0.05, 0) is 11.6 Å². The highest BCUT2D eigenvalue weighted by Crippen LogP contribution is 2.16. The predicted molar refractivity (Wildman–Crippen MR) is 44.1 cm³/mol. The van der Waals surface area contributed by atoms with Crippen LogP contribution in [0.5, 0.6) is 0 Å². The summed E-state index contributed by atoms with van der Waals surface area (Å²) in [5.41, 5.74) is 0.878. The minimum atomic E-state index is -0.283. The van der Waals surface area contributed by atoms with Crippen molar-refractivity contribution >= 4 is 0 Å². The van der Waals surface area contributed by atoms with E-state index in [0.29, 0.717) is 0 Å². The van der Waals surface area contributed by atoms with E-state index in [-0.39, 0.29) is 11.9 Å². The van der Waals surface area contributed by atoms with Gasteiger partial charge in [-0.15, -0.1) is 0 Å². The fourth-order valence-electron chi connectivity index (χ4n) is 1.29. The summed E-state index contributed by atoms with van der Waals surface area (Å²) in [7, 11) is 0. The smallest absolute Gasteiger partial charge is 0.141 e. The molecule has 0 saturated carbocycles. The molecule has 12 heavy (non-hydrogen) atoms. The zero-order valence-electron chi connectivity index (χ0n) is 6.50. The highest BCUT2D eigenvalue weighted by atomic mass is 19.1. The van der Waals surface area contributed by atoms with Crippen molar-refractivity contribution in [3.63, 3.8) is 0 Å². The standard InChI is InChI=1S/C9H9FN2/c10-8-4-7(5-11-6-8)9-2-1-3-12-9/h1-2,4-6,9,12H,3H2. The van der Waals surface area contributed by atoms with Gasteiger partial charge in [-0.1, -0.05) is 12.2 Å². The van der Waals surface area contributed by atoms with E-state index in [1.807, 2.05) is 12.2 Å². The van der Waals surface area contributed by atoms with Crippen LogP contribution in [0.3, 0.4) is 0 Å². The highest BCUT2D eigenvalue weighted by Gasteiger charge is 2.10. The zero-order chi connectivity index (χ0) is 8.39. The third kappa shape index (κ3) is 1.36. The second kappa shape index (κ2) is 3.03. The molecular weight excluding hydrogens is 155 g/mol. The maximum absolute atomic E-state index is 12.7. The number of aromatic nitrogens is 1. The molecule has 0 bridgehead atoms. The van der Waals surface area contributed by atoms with Crippen molar-refractivity contribution in [1.29, 1.82) is 0 Å². The number of pyridine rings is 1. The molecule has 0 spiro atoms. The highest BCUT2D eigenvalue weighted by molar-refractivity contribution is 5.22. The molecule has 2 nitrogen and oxygen atoms in total. The average molecular weight is 164 g/mol. The van der Waals surface area contributed by atoms with E-state index < -0.39 is 0 Å². The number of nitrogens with zero attached hydrogens (tertiary/aromatic N) is 1. The molecule has 0 aliphatic carbocycles. The van der Waals surface area contributed by atoms with Crippen LogP contribution in [0.1, 0.15) is 11.6 Å². The van der Waals surface area contributed by atoms with Crippen LogP contribution in [0.4, 0.5) is 4.39 Å². The van der Waals surface area contributed by atoms with Gasteiger partial charge in [-0.3, -0.25) is 4.98 Å². The molecular formula is C9H9FN2. The Morgan fingerprint density at radius 1 is 1.50 bits per heavy atom. The van der Waals surface area contributed by atoms with Crippen LogP contribution in [-0.4, -0.2) is 11.5 Å². The molecule has 0 aromatic carbocycles. The Kier molecular flexibility index (Phi) is 1.87. The molecule has 1 aliphatic rings. The minimum Gasteiger partial charge on any atom is -0.303 e. The van der Waals surface area contributed by atoms with Gasteiger partial charge in [-0.2, -0.15) is 0 Å². The Balaban J connectivity index is 2.27. The molecule has 3 heteroatoms. The Labute approximate surface area is 70.1 Å². The predicted octanol–water partition coefficient (Wildman–Crippen LogP) is 1.42. The molecule has 1 unspecified atom stereocenters. The first-order chi connectivity index (χ1) is 5.86. The van der Waals surface area contributed by atoms with Crippen molar-refractivity contribution < 1.29 is 4.39 Å². The normalized spacial score (nSPS) is 21.6. The molecule has 0 saturated heterocycles. The summed E-state index contributed by atoms with van der Waals surface area (Å²) in [6.45, 7) is 0.848. The molecule has 1 atom stereocenters. The summed E-state index contributed by atoms with van der Waals surface area (Å²) in [4.78, 5) is 3.78. The zero-order valence-corrected chi connectivity index (χ0v) is 6.50. The third-order valence-corrected chi connectivity index (χ3v) is 1.87. The maximum atomic E-state index is 12.7. The number of rotatable bonds is 1. The average Bonchev–Trinajstić information content (AvgIpc) is 2.56. The van der Waals surface area contributed by atoms with E-state index in [1.165, 1.54) is 12.3 Å². The first-order valence-electron chi connectivity index (χ1n) is 3.87. The molecule has 1 aromatic rings. The van der Waals surface area contributed by atoms with Crippen molar-refractivity contribution in [1.82, 2.24) is 10.3 Å². The van der Waals surface area contributed by atoms with E-state index in [2.05, 4.69) is 10.3 Å². The summed E-state index contributed by atoms with van der Waals surface area (Å²) >= 11 is 0. The lowest BCUT2D eigenvalue weighted by molar-refractivity contribution is 0.611. The third-order valence-electron chi connectivity index (χ3n) is 1.87. The number of halogens is 1. The molecule has 1 aliphatic heterocycles. The lowest BCUT2D eigenvalue weighted by Gasteiger charge is -2.07. The SMILES string of the molecule is Fc1cncc(C2C=CCN2)c1. The summed E-state index contributed by atoms with van der Waals surface area (Å²) in [5.74, 6) is -0.283. The van der Waals surface area contributed by atoms with Crippen LogP contribution in [0.25, 0.3) is 0 Å². The second-order valence-corrected chi connectivity index (χ2v) is 2.75. The maximum Gasteiger partial charge on any atom is 0.141 e. The molecule has 0 fully saturated rings. The molecule has 1 N–H and O–H groups in total. The van der Waals surface area contributed by atoms with Gasteiger partial charge in [-0.25, -0.2) is 4.39 Å². The lowest BCUT2D eigenvalue weighted by Crippen LogP contribution is -2.14. The van der Waals surface area contributed by atoms with Gasteiger partial charge in [0.15, 0.2) is 0 Å². The van der Waals surface area contributed by atoms with Crippen LogP contribution in [0.2, 0.25) is 0 Å². The van der Waals surface area contributed by atoms with Crippen molar-refractivity contribution in [2.24, 2.45) is 0 Å². The first kappa shape index (κ1) is 7.43. The first-order valence-corrected chi connectivity index (χ1v) is 3.87. The number of hydrogen-bond acceptors (Lipinski definition) is 2. The van der Waals surface area contributed by atoms with Gasteiger partial charge in [0, 0.05) is 12.7 Å². The van der Waals surface area contributed by atoms with Crippen molar-refractivity contribution in [2.45, 2.75) is 6.04 Å². The van der Waals surface area contributed by atoms with Crippen LogP contribution in [0.15, 0.2) is 30.6 Å². The van der Waals surface area contributed by atoms with Crippen LogP contribution in [0, 0.1) is 5.82 Å². The molecule has 2 rings (SSSR count). The van der Waals surface area contributed by atoms with Crippen molar-refractivity contribution in [3.05, 3.63) is 42.0 Å². The van der Waals surface area contributed by atoms with Gasteiger partial charge < -0.3 is 5.32 Å². The monoisotopic (exact) mass is 164 g/mol. The summed E-state index contributed by atoms with van der Waals surface area (Å²) in [6, 6.07) is 1.63. The fraction of sp³-hybridized carbons (Fsp3) is 0.222.